The zero-order valence-corrected chi connectivity index (χ0v) is 15.8. The summed E-state index contributed by atoms with van der Waals surface area (Å²) in [6.07, 6.45) is 3.76. The Morgan fingerprint density at radius 2 is 2.15 bits per heavy atom. The van der Waals surface area contributed by atoms with Gasteiger partial charge in [0, 0.05) is 54.1 Å². The lowest BCUT2D eigenvalue weighted by molar-refractivity contribution is -0.0949. The first-order valence-electron chi connectivity index (χ1n) is 9.41. The number of hydrogen-bond donors (Lipinski definition) is 3. The first-order valence-corrected chi connectivity index (χ1v) is 9.41. The van der Waals surface area contributed by atoms with Crippen LogP contribution >= 0.6 is 0 Å². The largest absolute Gasteiger partial charge is 0.496 e. The van der Waals surface area contributed by atoms with Crippen LogP contribution in [-0.4, -0.2) is 36.6 Å². The van der Waals surface area contributed by atoms with Crippen LogP contribution in [0.4, 0.5) is 8.78 Å². The number of aryl methyl sites for hydroxylation is 1. The third-order valence-corrected chi connectivity index (χ3v) is 5.36. The van der Waals surface area contributed by atoms with E-state index in [9.17, 15) is 8.78 Å². The fourth-order valence-corrected chi connectivity index (χ4v) is 3.81. The van der Waals surface area contributed by atoms with E-state index in [1.54, 1.807) is 7.11 Å². The second-order valence-electron chi connectivity index (χ2n) is 7.34. The Morgan fingerprint density at radius 1 is 1.38 bits per heavy atom. The summed E-state index contributed by atoms with van der Waals surface area (Å²) in [5, 5.41) is 8.03. The summed E-state index contributed by atoms with van der Waals surface area (Å²) < 4.78 is 31.5. The average molecular weight is 365 g/mol. The third-order valence-electron chi connectivity index (χ3n) is 5.36. The van der Waals surface area contributed by atoms with Crippen molar-refractivity contribution in [1.82, 2.24) is 15.6 Å². The molecule has 26 heavy (non-hydrogen) atoms. The van der Waals surface area contributed by atoms with Crippen molar-refractivity contribution in [2.24, 2.45) is 0 Å². The molecule has 1 atom stereocenters. The van der Waals surface area contributed by atoms with Gasteiger partial charge in [-0.25, -0.2) is 8.78 Å². The molecule has 2 aromatic rings. The Bertz CT molecular complexity index is 736. The van der Waals surface area contributed by atoms with Crippen LogP contribution in [-0.2, 0) is 6.54 Å². The minimum Gasteiger partial charge on any atom is -0.496 e. The first kappa shape index (κ1) is 19.1. The number of benzene rings is 1. The van der Waals surface area contributed by atoms with Crippen molar-refractivity contribution in [2.75, 3.05) is 13.7 Å². The molecular formula is C20H29F2N3O. The minimum absolute atomic E-state index is 0.0248. The molecule has 0 aliphatic heterocycles. The number of fused-ring (bicyclic) bond motifs is 1. The van der Waals surface area contributed by atoms with E-state index < -0.39 is 5.92 Å². The van der Waals surface area contributed by atoms with Crippen molar-refractivity contribution in [3.8, 4) is 5.75 Å². The number of aromatic nitrogens is 1. The molecular weight excluding hydrogens is 336 g/mol. The smallest absolute Gasteiger partial charge is 0.251 e. The van der Waals surface area contributed by atoms with Gasteiger partial charge in [0.15, 0.2) is 0 Å². The molecule has 1 saturated carbocycles. The summed E-state index contributed by atoms with van der Waals surface area (Å²) in [4.78, 5) is 3.28. The van der Waals surface area contributed by atoms with E-state index in [0.717, 1.165) is 48.3 Å². The summed E-state index contributed by atoms with van der Waals surface area (Å²) in [5.74, 6) is -1.57. The van der Waals surface area contributed by atoms with Gasteiger partial charge in [0.05, 0.1) is 7.11 Å². The van der Waals surface area contributed by atoms with Crippen LogP contribution in [0.2, 0.25) is 0 Å². The zero-order valence-electron chi connectivity index (χ0n) is 15.8. The van der Waals surface area contributed by atoms with Crippen LogP contribution in [0.1, 0.15) is 43.7 Å². The maximum absolute atomic E-state index is 13.0. The monoisotopic (exact) mass is 365 g/mol. The molecule has 6 heteroatoms. The molecule has 4 nitrogen and oxygen atoms in total. The summed E-state index contributed by atoms with van der Waals surface area (Å²) in [6.45, 7) is 5.72. The lowest BCUT2D eigenvalue weighted by Gasteiger charge is -2.38. The Balaban J connectivity index is 1.52. The molecule has 144 valence electrons. The number of methoxy groups -OCH3 is 1. The molecule has 0 saturated heterocycles. The van der Waals surface area contributed by atoms with Crippen LogP contribution in [0.5, 0.6) is 5.75 Å². The molecule has 3 N–H and O–H groups in total. The first-order chi connectivity index (χ1) is 12.4. The highest BCUT2D eigenvalue weighted by Crippen LogP contribution is 2.37. The van der Waals surface area contributed by atoms with Gasteiger partial charge in [0.2, 0.25) is 0 Å². The minimum atomic E-state index is -2.46. The Labute approximate surface area is 153 Å². The van der Waals surface area contributed by atoms with E-state index in [1.165, 1.54) is 5.39 Å². The molecule has 0 bridgehead atoms. The molecule has 1 fully saturated rings. The van der Waals surface area contributed by atoms with Gasteiger partial charge in [-0.2, -0.15) is 0 Å². The number of rotatable bonds is 9. The van der Waals surface area contributed by atoms with Gasteiger partial charge in [-0.3, -0.25) is 0 Å². The van der Waals surface area contributed by atoms with Crippen molar-refractivity contribution in [3.63, 3.8) is 0 Å². The number of alkyl halides is 2. The molecule has 1 aromatic carbocycles. The SMILES string of the molecule is CCC(CCNCc1c(OC)cc(C)c2[nH]ccc12)NC1CC(F)(F)C1. The number of ether oxygens (including phenoxy) is 1. The molecule has 1 aromatic heterocycles. The van der Waals surface area contributed by atoms with E-state index in [0.29, 0.717) is 0 Å². The van der Waals surface area contributed by atoms with E-state index in [1.807, 2.05) is 6.20 Å². The average Bonchev–Trinajstić information content (AvgIpc) is 3.07. The van der Waals surface area contributed by atoms with Crippen molar-refractivity contribution in [1.29, 1.82) is 0 Å². The molecule has 3 rings (SSSR count). The van der Waals surface area contributed by atoms with Gasteiger partial charge in [-0.15, -0.1) is 0 Å². The van der Waals surface area contributed by atoms with E-state index in [-0.39, 0.29) is 24.9 Å². The number of nitrogens with one attached hydrogen (secondary N) is 3. The molecule has 0 radical (unpaired) electrons. The van der Waals surface area contributed by atoms with Crippen molar-refractivity contribution in [3.05, 3.63) is 29.5 Å². The van der Waals surface area contributed by atoms with Crippen molar-refractivity contribution < 1.29 is 13.5 Å². The Hall–Kier alpha value is -1.66. The molecule has 0 amide bonds. The number of hydrogen-bond acceptors (Lipinski definition) is 3. The van der Waals surface area contributed by atoms with Gasteiger partial charge >= 0.3 is 0 Å². The number of H-pyrrole nitrogens is 1. The van der Waals surface area contributed by atoms with Gasteiger partial charge in [-0.1, -0.05) is 6.92 Å². The second-order valence-corrected chi connectivity index (χ2v) is 7.34. The number of halogens is 2. The molecule has 1 aliphatic rings. The van der Waals surface area contributed by atoms with Crippen LogP contribution in [0, 0.1) is 6.92 Å². The molecule has 1 heterocycles. The predicted molar refractivity (Wildman–Crippen MR) is 101 cm³/mol. The third kappa shape index (κ3) is 4.18. The number of aromatic amines is 1. The quantitative estimate of drug-likeness (QED) is 0.586. The second kappa shape index (κ2) is 7.92. The standard InChI is InChI=1S/C20H29F2N3O/c1-4-14(25-15-10-20(21,22)11-15)5-7-23-12-17-16-6-8-24-19(16)13(2)9-18(17)26-3/h6,8-9,14-15,23-25H,4-5,7,10-12H2,1-3H3. The van der Waals surface area contributed by atoms with Crippen LogP contribution in [0.15, 0.2) is 18.3 Å². The lowest BCUT2D eigenvalue weighted by Crippen LogP contribution is -2.52. The lowest BCUT2D eigenvalue weighted by atomic mass is 9.87. The van der Waals surface area contributed by atoms with E-state index >= 15 is 0 Å². The maximum atomic E-state index is 13.0. The van der Waals surface area contributed by atoms with Gasteiger partial charge in [-0.05, 0) is 44.0 Å². The highest BCUT2D eigenvalue weighted by Gasteiger charge is 2.45. The van der Waals surface area contributed by atoms with Gasteiger partial charge in [0.25, 0.3) is 5.92 Å². The Kier molecular flexibility index (Phi) is 5.82. The topological polar surface area (TPSA) is 49.1 Å². The highest BCUT2D eigenvalue weighted by atomic mass is 19.3. The predicted octanol–water partition coefficient (Wildman–Crippen LogP) is 4.13. The molecule has 1 aliphatic carbocycles. The normalized spacial score (nSPS) is 18.0. The zero-order chi connectivity index (χ0) is 18.7. The van der Waals surface area contributed by atoms with E-state index in [4.69, 9.17) is 4.74 Å². The fourth-order valence-electron chi connectivity index (χ4n) is 3.81. The summed E-state index contributed by atoms with van der Waals surface area (Å²) in [7, 11) is 1.70. The van der Waals surface area contributed by atoms with E-state index in [2.05, 4.69) is 41.6 Å². The summed E-state index contributed by atoms with van der Waals surface area (Å²) in [5.41, 5.74) is 3.45. The fraction of sp³-hybridized carbons (Fsp3) is 0.600. The van der Waals surface area contributed by atoms with Crippen LogP contribution in [0.25, 0.3) is 10.9 Å². The van der Waals surface area contributed by atoms with Gasteiger partial charge < -0.3 is 20.4 Å². The molecule has 1 unspecified atom stereocenters. The summed E-state index contributed by atoms with van der Waals surface area (Å²) >= 11 is 0. The van der Waals surface area contributed by atoms with Crippen LogP contribution < -0.4 is 15.4 Å². The maximum Gasteiger partial charge on any atom is 0.251 e. The van der Waals surface area contributed by atoms with Crippen LogP contribution in [0.3, 0.4) is 0 Å². The summed E-state index contributed by atoms with van der Waals surface area (Å²) in [6, 6.07) is 4.38. The highest BCUT2D eigenvalue weighted by molar-refractivity contribution is 5.88. The van der Waals surface area contributed by atoms with Crippen molar-refractivity contribution in [2.45, 2.75) is 64.1 Å². The Morgan fingerprint density at radius 3 is 2.81 bits per heavy atom. The molecule has 0 spiro atoms. The van der Waals surface area contributed by atoms with Gasteiger partial charge in [0.1, 0.15) is 5.75 Å². The van der Waals surface area contributed by atoms with Crippen molar-refractivity contribution >= 4 is 10.9 Å².